The summed E-state index contributed by atoms with van der Waals surface area (Å²) in [6.45, 7) is 7.80. The second-order valence-electron chi connectivity index (χ2n) is 5.75. The molecule has 1 aliphatic rings. The topological polar surface area (TPSA) is 89.4 Å². The number of aromatic nitrogens is 1. The van der Waals surface area contributed by atoms with Crippen molar-refractivity contribution in [2.24, 2.45) is 5.84 Å². The zero-order valence-electron chi connectivity index (χ0n) is 12.3. The number of morpholine rings is 1. The summed E-state index contributed by atoms with van der Waals surface area (Å²) in [5, 5.41) is 0. The molecule has 0 spiro atoms. The first-order valence-corrected chi connectivity index (χ1v) is 7.03. The number of nitrogens with zero attached hydrogens (tertiary/aromatic N) is 2. The number of rotatable bonds is 5. The van der Waals surface area contributed by atoms with Crippen molar-refractivity contribution >= 4 is 5.69 Å². The molecule has 1 fully saturated rings. The van der Waals surface area contributed by atoms with Gasteiger partial charge in [-0.2, -0.15) is 0 Å². The third kappa shape index (κ3) is 3.27. The average molecular weight is 279 g/mol. The Kier molecular flexibility index (Phi) is 4.93. The highest BCUT2D eigenvalue weighted by Crippen LogP contribution is 2.24. The van der Waals surface area contributed by atoms with Crippen LogP contribution in [0.2, 0.25) is 0 Å². The number of anilines is 1. The summed E-state index contributed by atoms with van der Waals surface area (Å²) < 4.78 is 5.42. The van der Waals surface area contributed by atoms with Crippen molar-refractivity contribution in [3.63, 3.8) is 0 Å². The second kappa shape index (κ2) is 6.49. The average Bonchev–Trinajstić information content (AvgIpc) is 2.47. The fourth-order valence-corrected chi connectivity index (χ4v) is 2.70. The van der Waals surface area contributed by atoms with E-state index < -0.39 is 0 Å². The van der Waals surface area contributed by atoms with E-state index in [0.717, 1.165) is 44.0 Å². The summed E-state index contributed by atoms with van der Waals surface area (Å²) in [6, 6.07) is 1.91. The van der Waals surface area contributed by atoms with Gasteiger partial charge in [0.25, 0.3) is 0 Å². The van der Waals surface area contributed by atoms with Crippen LogP contribution >= 0.6 is 0 Å². The SMILES string of the molecule is CC(C)(C(Cc1cnccc1N)NN)N1CCOCC1. The Labute approximate surface area is 120 Å². The van der Waals surface area contributed by atoms with Crippen molar-refractivity contribution in [3.8, 4) is 0 Å². The van der Waals surface area contributed by atoms with Crippen LogP contribution in [-0.2, 0) is 11.2 Å². The van der Waals surface area contributed by atoms with Crippen molar-refractivity contribution in [1.29, 1.82) is 0 Å². The smallest absolute Gasteiger partial charge is 0.0594 e. The zero-order chi connectivity index (χ0) is 14.6. The molecule has 6 heteroatoms. The van der Waals surface area contributed by atoms with E-state index in [1.807, 2.05) is 12.3 Å². The van der Waals surface area contributed by atoms with Crippen LogP contribution in [0.5, 0.6) is 0 Å². The summed E-state index contributed by atoms with van der Waals surface area (Å²) in [6.07, 6.45) is 4.27. The summed E-state index contributed by atoms with van der Waals surface area (Å²) in [7, 11) is 0. The van der Waals surface area contributed by atoms with Gasteiger partial charge in [-0.05, 0) is 31.9 Å². The van der Waals surface area contributed by atoms with Crippen LogP contribution in [0.3, 0.4) is 0 Å². The molecule has 0 bridgehead atoms. The molecule has 20 heavy (non-hydrogen) atoms. The molecule has 0 amide bonds. The number of hydrogen-bond donors (Lipinski definition) is 3. The van der Waals surface area contributed by atoms with Crippen molar-refractivity contribution in [3.05, 3.63) is 24.0 Å². The number of ether oxygens (including phenoxy) is 1. The minimum Gasteiger partial charge on any atom is -0.398 e. The number of hydrazine groups is 1. The van der Waals surface area contributed by atoms with E-state index in [0.29, 0.717) is 0 Å². The maximum Gasteiger partial charge on any atom is 0.0594 e. The van der Waals surface area contributed by atoms with Crippen LogP contribution in [0.25, 0.3) is 0 Å². The fraction of sp³-hybridized carbons (Fsp3) is 0.643. The molecule has 0 saturated carbocycles. The molecule has 112 valence electrons. The van der Waals surface area contributed by atoms with Crippen LogP contribution in [0.15, 0.2) is 18.5 Å². The summed E-state index contributed by atoms with van der Waals surface area (Å²) in [4.78, 5) is 6.56. The maximum absolute atomic E-state index is 6.00. The van der Waals surface area contributed by atoms with Crippen molar-refractivity contribution in [1.82, 2.24) is 15.3 Å². The Morgan fingerprint density at radius 2 is 2.15 bits per heavy atom. The molecule has 0 aromatic carbocycles. The Morgan fingerprint density at radius 3 is 2.75 bits per heavy atom. The Balaban J connectivity index is 2.12. The lowest BCUT2D eigenvalue weighted by Crippen LogP contribution is -2.62. The van der Waals surface area contributed by atoms with Gasteiger partial charge in [0.15, 0.2) is 0 Å². The van der Waals surface area contributed by atoms with E-state index in [4.69, 9.17) is 16.3 Å². The quantitative estimate of drug-likeness (QED) is 0.525. The molecule has 2 heterocycles. The van der Waals surface area contributed by atoms with E-state index in [9.17, 15) is 0 Å². The van der Waals surface area contributed by atoms with Gasteiger partial charge in [-0.1, -0.05) is 0 Å². The Hall–Kier alpha value is -1.21. The van der Waals surface area contributed by atoms with Crippen LogP contribution < -0.4 is 17.0 Å². The predicted molar refractivity (Wildman–Crippen MR) is 79.9 cm³/mol. The van der Waals surface area contributed by atoms with Gasteiger partial charge in [0, 0.05) is 42.8 Å². The molecular weight excluding hydrogens is 254 g/mol. The molecule has 1 aromatic heterocycles. The van der Waals surface area contributed by atoms with Crippen molar-refractivity contribution in [2.75, 3.05) is 32.0 Å². The van der Waals surface area contributed by atoms with Crippen molar-refractivity contribution < 1.29 is 4.74 Å². The molecule has 6 nitrogen and oxygen atoms in total. The summed E-state index contributed by atoms with van der Waals surface area (Å²) >= 11 is 0. The minimum absolute atomic E-state index is 0.0825. The van der Waals surface area contributed by atoms with E-state index in [2.05, 4.69) is 29.2 Å². The van der Waals surface area contributed by atoms with Gasteiger partial charge in [0.05, 0.1) is 13.2 Å². The standard InChI is InChI=1S/C14H25N5O/c1-14(2,19-5-7-20-8-6-19)13(18-16)9-11-10-17-4-3-12(11)15/h3-4,10,13,18H,5-9,16H2,1-2H3,(H2,15,17). The van der Waals surface area contributed by atoms with E-state index in [1.165, 1.54) is 0 Å². The largest absolute Gasteiger partial charge is 0.398 e. The van der Waals surface area contributed by atoms with Gasteiger partial charge in [-0.3, -0.25) is 21.2 Å². The van der Waals surface area contributed by atoms with E-state index >= 15 is 0 Å². The minimum atomic E-state index is -0.0825. The molecule has 0 aliphatic carbocycles. The number of pyridine rings is 1. The first-order chi connectivity index (χ1) is 9.55. The predicted octanol–water partition coefficient (Wildman–Crippen LogP) is 0.149. The zero-order valence-corrected chi connectivity index (χ0v) is 12.3. The molecule has 1 aliphatic heterocycles. The van der Waals surface area contributed by atoms with Gasteiger partial charge < -0.3 is 10.5 Å². The normalized spacial score (nSPS) is 18.9. The van der Waals surface area contributed by atoms with E-state index in [1.54, 1.807) is 6.20 Å². The molecule has 1 saturated heterocycles. The molecule has 5 N–H and O–H groups in total. The van der Waals surface area contributed by atoms with E-state index in [-0.39, 0.29) is 11.6 Å². The number of nitrogen functional groups attached to an aromatic ring is 1. The van der Waals surface area contributed by atoms with Gasteiger partial charge in [-0.15, -0.1) is 0 Å². The van der Waals surface area contributed by atoms with Gasteiger partial charge in [0.1, 0.15) is 0 Å². The molecule has 1 atom stereocenters. The third-order valence-electron chi connectivity index (χ3n) is 4.25. The van der Waals surface area contributed by atoms with Gasteiger partial charge in [0.2, 0.25) is 0 Å². The first-order valence-electron chi connectivity index (χ1n) is 7.03. The van der Waals surface area contributed by atoms with Gasteiger partial charge in [-0.25, -0.2) is 0 Å². The maximum atomic E-state index is 6.00. The summed E-state index contributed by atoms with van der Waals surface area (Å²) in [5.74, 6) is 5.79. The van der Waals surface area contributed by atoms with Gasteiger partial charge >= 0.3 is 0 Å². The number of hydrogen-bond acceptors (Lipinski definition) is 6. The number of nitrogens with one attached hydrogen (secondary N) is 1. The van der Waals surface area contributed by atoms with Crippen molar-refractivity contribution in [2.45, 2.75) is 31.8 Å². The third-order valence-corrected chi connectivity index (χ3v) is 4.25. The first kappa shape index (κ1) is 15.2. The lowest BCUT2D eigenvalue weighted by Gasteiger charge is -2.45. The highest BCUT2D eigenvalue weighted by atomic mass is 16.5. The lowest BCUT2D eigenvalue weighted by atomic mass is 9.87. The highest BCUT2D eigenvalue weighted by Gasteiger charge is 2.36. The molecule has 1 unspecified atom stereocenters. The van der Waals surface area contributed by atoms with Crippen LogP contribution in [0.4, 0.5) is 5.69 Å². The molecular formula is C14H25N5O. The summed E-state index contributed by atoms with van der Waals surface area (Å²) in [5.41, 5.74) is 10.7. The second-order valence-corrected chi connectivity index (χ2v) is 5.75. The molecule has 0 radical (unpaired) electrons. The fourth-order valence-electron chi connectivity index (χ4n) is 2.70. The Morgan fingerprint density at radius 1 is 1.45 bits per heavy atom. The number of nitrogens with two attached hydrogens (primary N) is 2. The monoisotopic (exact) mass is 279 g/mol. The highest BCUT2D eigenvalue weighted by molar-refractivity contribution is 5.44. The molecule has 1 aromatic rings. The lowest BCUT2D eigenvalue weighted by molar-refractivity contribution is -0.0232. The molecule has 2 rings (SSSR count). The van der Waals surface area contributed by atoms with Crippen LogP contribution in [0, 0.1) is 0 Å². The van der Waals surface area contributed by atoms with Crippen LogP contribution in [-0.4, -0.2) is 47.8 Å². The Bertz CT molecular complexity index is 431. The van der Waals surface area contributed by atoms with Crippen LogP contribution in [0.1, 0.15) is 19.4 Å².